The number of fused-ring (bicyclic) bond motifs is 1. The second-order valence-electron chi connectivity index (χ2n) is 5.06. The Morgan fingerprint density at radius 3 is 2.73 bits per heavy atom. The summed E-state index contributed by atoms with van der Waals surface area (Å²) in [5, 5.41) is 3.37. The first-order valence-electron chi connectivity index (χ1n) is 6.86. The number of nitrogens with one attached hydrogen (secondary N) is 1. The molecule has 0 atom stereocenters. The lowest BCUT2D eigenvalue weighted by Gasteiger charge is -2.07. The molecule has 1 aromatic carbocycles. The zero-order chi connectivity index (χ0) is 15.7. The number of carbonyl (C=O) groups excluding carboxylic acids is 1. The Morgan fingerprint density at radius 1 is 1.27 bits per heavy atom. The Kier molecular flexibility index (Phi) is 3.77. The summed E-state index contributed by atoms with van der Waals surface area (Å²) in [5.74, 6) is -0.251. The topological polar surface area (TPSA) is 64.0 Å². The van der Waals surface area contributed by atoms with Crippen LogP contribution in [0.1, 0.15) is 10.4 Å². The Bertz CT molecular complexity index is 897. The zero-order valence-electron chi connectivity index (χ0n) is 12.3. The molecule has 1 N–H and O–H groups in total. The minimum atomic E-state index is -0.251. The normalized spacial score (nSPS) is 10.8. The molecular formula is C16H15N3O2S. The first kappa shape index (κ1) is 14.5. The van der Waals surface area contributed by atoms with E-state index in [1.165, 1.54) is 22.2 Å². The number of hydrogen-bond donors (Lipinski definition) is 1. The van der Waals surface area contributed by atoms with Crippen molar-refractivity contribution in [3.63, 3.8) is 0 Å². The lowest BCUT2D eigenvalue weighted by molar-refractivity contribution is -0.116. The van der Waals surface area contributed by atoms with Gasteiger partial charge in [0, 0.05) is 10.6 Å². The van der Waals surface area contributed by atoms with E-state index in [-0.39, 0.29) is 18.0 Å². The molecule has 0 spiro atoms. The molecule has 0 saturated carbocycles. The number of para-hydroxylation sites is 1. The molecule has 5 nitrogen and oxygen atoms in total. The molecule has 112 valence electrons. The van der Waals surface area contributed by atoms with Crippen LogP contribution >= 0.6 is 11.3 Å². The molecule has 22 heavy (non-hydrogen) atoms. The summed E-state index contributed by atoms with van der Waals surface area (Å²) in [7, 11) is 0. The van der Waals surface area contributed by atoms with Gasteiger partial charge in [-0.25, -0.2) is 4.98 Å². The number of aryl methyl sites for hydroxylation is 2. The van der Waals surface area contributed by atoms with Gasteiger partial charge in [0.2, 0.25) is 5.91 Å². The monoisotopic (exact) mass is 313 g/mol. The molecule has 0 bridgehead atoms. The predicted octanol–water partition coefficient (Wildman–Crippen LogP) is 2.71. The second-order valence-corrected chi connectivity index (χ2v) is 6.26. The van der Waals surface area contributed by atoms with E-state index in [0.717, 1.165) is 15.3 Å². The predicted molar refractivity (Wildman–Crippen MR) is 88.4 cm³/mol. The quantitative estimate of drug-likeness (QED) is 0.808. The number of rotatable bonds is 3. The molecule has 3 rings (SSSR count). The number of amides is 1. The standard InChI is InChI=1S/C16H15N3O2S/c1-10-11(2)22-15-14(10)16(21)19(9-17-15)8-13(20)18-12-6-4-3-5-7-12/h3-7,9H,8H2,1-2H3,(H,18,20). The van der Waals surface area contributed by atoms with Gasteiger partial charge in [0.15, 0.2) is 0 Å². The zero-order valence-corrected chi connectivity index (χ0v) is 13.1. The van der Waals surface area contributed by atoms with Crippen molar-refractivity contribution in [2.75, 3.05) is 5.32 Å². The van der Waals surface area contributed by atoms with Gasteiger partial charge in [-0.3, -0.25) is 14.2 Å². The van der Waals surface area contributed by atoms with Crippen LogP contribution in [0.15, 0.2) is 41.5 Å². The van der Waals surface area contributed by atoms with Crippen molar-refractivity contribution in [3.8, 4) is 0 Å². The van der Waals surface area contributed by atoms with Gasteiger partial charge in [-0.2, -0.15) is 0 Å². The Labute approximate surface area is 131 Å². The van der Waals surface area contributed by atoms with E-state index < -0.39 is 0 Å². The molecule has 6 heteroatoms. The van der Waals surface area contributed by atoms with Crippen LogP contribution in [0.5, 0.6) is 0 Å². The van der Waals surface area contributed by atoms with Crippen molar-refractivity contribution in [2.24, 2.45) is 0 Å². The average molecular weight is 313 g/mol. The summed E-state index contributed by atoms with van der Waals surface area (Å²) in [5.41, 5.74) is 1.47. The Morgan fingerprint density at radius 2 is 2.00 bits per heavy atom. The number of nitrogens with zero attached hydrogens (tertiary/aromatic N) is 2. The van der Waals surface area contributed by atoms with Gasteiger partial charge in [-0.05, 0) is 31.5 Å². The Balaban J connectivity index is 1.88. The van der Waals surface area contributed by atoms with Crippen molar-refractivity contribution < 1.29 is 4.79 Å². The lowest BCUT2D eigenvalue weighted by atomic mass is 10.2. The molecule has 0 aliphatic rings. The van der Waals surface area contributed by atoms with Crippen LogP contribution in [0.25, 0.3) is 10.2 Å². The smallest absolute Gasteiger partial charge is 0.262 e. The van der Waals surface area contributed by atoms with E-state index in [9.17, 15) is 9.59 Å². The van der Waals surface area contributed by atoms with Crippen molar-refractivity contribution in [1.82, 2.24) is 9.55 Å². The summed E-state index contributed by atoms with van der Waals surface area (Å²) in [6.07, 6.45) is 1.44. The summed E-state index contributed by atoms with van der Waals surface area (Å²) in [6, 6.07) is 9.16. The molecule has 0 aliphatic heterocycles. The fourth-order valence-electron chi connectivity index (χ4n) is 2.26. The van der Waals surface area contributed by atoms with Crippen LogP contribution < -0.4 is 10.9 Å². The van der Waals surface area contributed by atoms with E-state index in [1.54, 1.807) is 12.1 Å². The van der Waals surface area contributed by atoms with Crippen LogP contribution in [-0.4, -0.2) is 15.5 Å². The van der Waals surface area contributed by atoms with Gasteiger partial charge < -0.3 is 5.32 Å². The molecule has 0 unspecified atom stereocenters. The second kappa shape index (κ2) is 5.73. The number of benzene rings is 1. The molecule has 0 aliphatic carbocycles. The Hall–Kier alpha value is -2.47. The third-order valence-corrected chi connectivity index (χ3v) is 4.64. The van der Waals surface area contributed by atoms with Gasteiger partial charge in [0.1, 0.15) is 11.4 Å². The van der Waals surface area contributed by atoms with E-state index in [1.807, 2.05) is 32.0 Å². The third kappa shape index (κ3) is 2.65. The van der Waals surface area contributed by atoms with Crippen molar-refractivity contribution in [3.05, 3.63) is 57.5 Å². The van der Waals surface area contributed by atoms with Crippen molar-refractivity contribution >= 4 is 33.1 Å². The summed E-state index contributed by atoms with van der Waals surface area (Å²) in [4.78, 5) is 30.6. The van der Waals surface area contributed by atoms with E-state index in [0.29, 0.717) is 11.1 Å². The third-order valence-electron chi connectivity index (χ3n) is 3.53. The molecule has 0 saturated heterocycles. The highest BCUT2D eigenvalue weighted by molar-refractivity contribution is 7.18. The van der Waals surface area contributed by atoms with E-state index >= 15 is 0 Å². The van der Waals surface area contributed by atoms with Gasteiger partial charge >= 0.3 is 0 Å². The molecule has 3 aromatic rings. The fraction of sp³-hybridized carbons (Fsp3) is 0.188. The van der Waals surface area contributed by atoms with Gasteiger partial charge in [-0.1, -0.05) is 18.2 Å². The number of carbonyl (C=O) groups is 1. The molecular weight excluding hydrogens is 298 g/mol. The van der Waals surface area contributed by atoms with E-state index in [2.05, 4.69) is 10.3 Å². The first-order valence-corrected chi connectivity index (χ1v) is 7.68. The van der Waals surface area contributed by atoms with Crippen LogP contribution in [0.2, 0.25) is 0 Å². The summed E-state index contributed by atoms with van der Waals surface area (Å²) < 4.78 is 1.35. The highest BCUT2D eigenvalue weighted by atomic mass is 32.1. The van der Waals surface area contributed by atoms with Crippen LogP contribution in [0.3, 0.4) is 0 Å². The lowest BCUT2D eigenvalue weighted by Crippen LogP contribution is -2.27. The molecule has 2 aromatic heterocycles. The minimum absolute atomic E-state index is 0.0506. The van der Waals surface area contributed by atoms with Gasteiger partial charge in [0.05, 0.1) is 11.7 Å². The summed E-state index contributed by atoms with van der Waals surface area (Å²) >= 11 is 1.50. The maximum atomic E-state index is 12.5. The van der Waals surface area contributed by atoms with Gasteiger partial charge in [-0.15, -0.1) is 11.3 Å². The number of anilines is 1. The van der Waals surface area contributed by atoms with Gasteiger partial charge in [0.25, 0.3) is 5.56 Å². The van der Waals surface area contributed by atoms with Crippen molar-refractivity contribution in [1.29, 1.82) is 0 Å². The maximum Gasteiger partial charge on any atom is 0.262 e. The number of hydrogen-bond acceptors (Lipinski definition) is 4. The molecule has 2 heterocycles. The fourth-order valence-corrected chi connectivity index (χ4v) is 3.25. The molecule has 0 radical (unpaired) electrons. The SMILES string of the molecule is Cc1sc2ncn(CC(=O)Nc3ccccc3)c(=O)c2c1C. The van der Waals surface area contributed by atoms with E-state index in [4.69, 9.17) is 0 Å². The average Bonchev–Trinajstić information content (AvgIpc) is 2.79. The first-order chi connectivity index (χ1) is 10.6. The van der Waals surface area contributed by atoms with Crippen LogP contribution in [-0.2, 0) is 11.3 Å². The molecule has 0 fully saturated rings. The number of thiophene rings is 1. The maximum absolute atomic E-state index is 12.5. The van der Waals surface area contributed by atoms with Crippen LogP contribution in [0.4, 0.5) is 5.69 Å². The highest BCUT2D eigenvalue weighted by Crippen LogP contribution is 2.25. The van der Waals surface area contributed by atoms with Crippen LogP contribution in [0, 0.1) is 13.8 Å². The summed E-state index contributed by atoms with van der Waals surface area (Å²) in [6.45, 7) is 3.82. The van der Waals surface area contributed by atoms with Crippen molar-refractivity contribution in [2.45, 2.75) is 20.4 Å². The number of aromatic nitrogens is 2. The molecule has 1 amide bonds. The largest absolute Gasteiger partial charge is 0.325 e. The minimum Gasteiger partial charge on any atom is -0.325 e. The highest BCUT2D eigenvalue weighted by Gasteiger charge is 2.13.